The second-order valence-electron chi connectivity index (χ2n) is 9.91. The lowest BCUT2D eigenvalue weighted by molar-refractivity contribution is -0.0253. The summed E-state index contributed by atoms with van der Waals surface area (Å²) in [5, 5.41) is 0.222. The summed E-state index contributed by atoms with van der Waals surface area (Å²) in [5.41, 5.74) is 5.32. The fourth-order valence-corrected chi connectivity index (χ4v) is 3.54. The molecule has 12 heteroatoms. The van der Waals surface area contributed by atoms with Crippen LogP contribution in [0.1, 0.15) is 20.8 Å². The van der Waals surface area contributed by atoms with Crippen LogP contribution >= 0.6 is 0 Å². The van der Waals surface area contributed by atoms with Gasteiger partial charge < -0.3 is 52.8 Å². The van der Waals surface area contributed by atoms with Gasteiger partial charge in [0.15, 0.2) is 8.32 Å². The molecule has 0 aromatic heterocycles. The lowest BCUT2D eigenvalue weighted by atomic mass is 10.2. The molecular weight excluding hydrogens is 514 g/mol. The summed E-state index contributed by atoms with van der Waals surface area (Å²) in [6.07, 6.45) is 0. The molecule has 38 heavy (non-hydrogen) atoms. The zero-order valence-electron chi connectivity index (χ0n) is 24.8. The van der Waals surface area contributed by atoms with Gasteiger partial charge in [-0.15, -0.1) is 0 Å². The first-order chi connectivity index (χ1) is 18.3. The molecule has 0 spiro atoms. The molecule has 0 amide bonds. The molecule has 0 fully saturated rings. The molecule has 0 unspecified atom stereocenters. The number of hydrogen-bond acceptors (Lipinski definition) is 11. The Labute approximate surface area is 232 Å². The van der Waals surface area contributed by atoms with Crippen molar-refractivity contribution < 1.29 is 47.1 Å². The van der Waals surface area contributed by atoms with Crippen molar-refractivity contribution in [1.29, 1.82) is 0 Å². The molecule has 0 heterocycles. The SMILES string of the molecule is CC(C)(C)[Si](C)(C)OCCOCCOCCOCCOCCOCCOCCOCCOCCOCCN. The first-order valence-corrected chi connectivity index (χ1v) is 16.8. The van der Waals surface area contributed by atoms with Crippen LogP contribution in [0, 0.1) is 0 Å². The van der Waals surface area contributed by atoms with Crippen LogP contribution in [0.3, 0.4) is 0 Å². The Balaban J connectivity index is 3.13. The van der Waals surface area contributed by atoms with Gasteiger partial charge in [-0.25, -0.2) is 0 Å². The van der Waals surface area contributed by atoms with E-state index in [0.29, 0.717) is 132 Å². The van der Waals surface area contributed by atoms with Crippen molar-refractivity contribution >= 4 is 8.32 Å². The maximum Gasteiger partial charge on any atom is 0.192 e. The topological polar surface area (TPSA) is 118 Å². The van der Waals surface area contributed by atoms with Crippen LogP contribution in [0.4, 0.5) is 0 Å². The molecular formula is C26H57NO10Si. The zero-order valence-corrected chi connectivity index (χ0v) is 25.8. The minimum atomic E-state index is -1.69. The zero-order chi connectivity index (χ0) is 28.2. The van der Waals surface area contributed by atoms with E-state index in [-0.39, 0.29) is 5.04 Å². The predicted octanol–water partition coefficient (Wildman–Crippen LogP) is 2.12. The van der Waals surface area contributed by atoms with Gasteiger partial charge in [-0.2, -0.15) is 0 Å². The van der Waals surface area contributed by atoms with Gasteiger partial charge >= 0.3 is 0 Å². The van der Waals surface area contributed by atoms with E-state index in [0.717, 1.165) is 0 Å². The van der Waals surface area contributed by atoms with E-state index in [2.05, 4.69) is 33.9 Å². The summed E-state index contributed by atoms with van der Waals surface area (Å²) >= 11 is 0. The molecule has 0 saturated carbocycles. The average molecular weight is 572 g/mol. The van der Waals surface area contributed by atoms with Crippen LogP contribution in [0.25, 0.3) is 0 Å². The first kappa shape index (κ1) is 37.8. The van der Waals surface area contributed by atoms with Crippen molar-refractivity contribution in [2.45, 2.75) is 38.9 Å². The predicted molar refractivity (Wildman–Crippen MR) is 150 cm³/mol. The molecule has 0 aromatic carbocycles. The third-order valence-electron chi connectivity index (χ3n) is 5.74. The Hall–Kier alpha value is -0.223. The van der Waals surface area contributed by atoms with Gasteiger partial charge in [0.25, 0.3) is 0 Å². The average Bonchev–Trinajstić information content (AvgIpc) is 2.87. The fraction of sp³-hybridized carbons (Fsp3) is 1.00. The number of rotatable bonds is 30. The van der Waals surface area contributed by atoms with E-state index >= 15 is 0 Å². The second-order valence-corrected chi connectivity index (χ2v) is 14.7. The first-order valence-electron chi connectivity index (χ1n) is 13.8. The molecule has 230 valence electrons. The number of nitrogens with two attached hydrogens (primary N) is 1. The third kappa shape index (κ3) is 26.0. The molecule has 0 saturated heterocycles. The number of hydrogen-bond donors (Lipinski definition) is 1. The van der Waals surface area contributed by atoms with E-state index in [9.17, 15) is 0 Å². The monoisotopic (exact) mass is 571 g/mol. The molecule has 11 nitrogen and oxygen atoms in total. The standard InChI is InChI=1S/C26H57NO10Si/c1-26(2,3)38(4,5)37-25-24-36-23-22-35-21-20-34-19-18-33-17-16-32-15-14-31-13-12-30-11-10-29-9-8-28-7-6-27/h6-25,27H2,1-5H3. The van der Waals surface area contributed by atoms with Crippen LogP contribution in [0.2, 0.25) is 18.1 Å². The van der Waals surface area contributed by atoms with Crippen LogP contribution in [-0.2, 0) is 47.1 Å². The molecule has 0 atom stereocenters. The molecule has 0 aliphatic heterocycles. The van der Waals surface area contributed by atoms with Crippen LogP contribution in [0.15, 0.2) is 0 Å². The largest absolute Gasteiger partial charge is 0.414 e. The van der Waals surface area contributed by atoms with Crippen molar-refractivity contribution in [3.05, 3.63) is 0 Å². The van der Waals surface area contributed by atoms with Crippen molar-refractivity contribution in [3.8, 4) is 0 Å². The lowest BCUT2D eigenvalue weighted by Gasteiger charge is -2.36. The summed E-state index contributed by atoms with van der Waals surface area (Å²) in [7, 11) is -1.69. The normalized spacial score (nSPS) is 12.5. The van der Waals surface area contributed by atoms with E-state index in [1.54, 1.807) is 0 Å². The van der Waals surface area contributed by atoms with Crippen molar-refractivity contribution in [2.75, 3.05) is 132 Å². The van der Waals surface area contributed by atoms with Gasteiger partial charge in [-0.05, 0) is 18.1 Å². The van der Waals surface area contributed by atoms with Gasteiger partial charge in [0.05, 0.1) is 126 Å². The lowest BCUT2D eigenvalue weighted by Crippen LogP contribution is -2.41. The fourth-order valence-electron chi connectivity index (χ4n) is 2.52. The van der Waals surface area contributed by atoms with E-state index < -0.39 is 8.32 Å². The molecule has 0 aliphatic rings. The Morgan fingerprint density at radius 3 is 0.816 bits per heavy atom. The van der Waals surface area contributed by atoms with Gasteiger partial charge in [0.1, 0.15) is 0 Å². The highest BCUT2D eigenvalue weighted by molar-refractivity contribution is 6.74. The number of ether oxygens (including phenoxy) is 9. The maximum atomic E-state index is 6.07. The maximum absolute atomic E-state index is 6.07. The molecule has 0 bridgehead atoms. The second kappa shape index (κ2) is 27.0. The summed E-state index contributed by atoms with van der Waals surface area (Å²) < 4.78 is 55.0. The minimum absolute atomic E-state index is 0.222. The van der Waals surface area contributed by atoms with Gasteiger partial charge in [-0.1, -0.05) is 20.8 Å². The third-order valence-corrected chi connectivity index (χ3v) is 10.3. The molecule has 0 radical (unpaired) electrons. The van der Waals surface area contributed by atoms with Crippen molar-refractivity contribution in [1.82, 2.24) is 0 Å². The molecule has 2 N–H and O–H groups in total. The van der Waals surface area contributed by atoms with E-state index in [1.807, 2.05) is 0 Å². The summed E-state index contributed by atoms with van der Waals surface area (Å²) in [5.74, 6) is 0. The van der Waals surface area contributed by atoms with Crippen molar-refractivity contribution in [3.63, 3.8) is 0 Å². The Kier molecular flexibility index (Phi) is 26.8. The highest BCUT2D eigenvalue weighted by Crippen LogP contribution is 2.36. The van der Waals surface area contributed by atoms with Crippen LogP contribution < -0.4 is 5.73 Å². The Morgan fingerprint density at radius 1 is 0.395 bits per heavy atom. The Bertz CT molecular complexity index is 483. The summed E-state index contributed by atoms with van der Waals surface area (Å²) in [6.45, 7) is 22.1. The van der Waals surface area contributed by atoms with Crippen LogP contribution in [0.5, 0.6) is 0 Å². The summed E-state index contributed by atoms with van der Waals surface area (Å²) in [4.78, 5) is 0. The summed E-state index contributed by atoms with van der Waals surface area (Å²) in [6, 6.07) is 0. The molecule has 0 aliphatic carbocycles. The highest BCUT2D eigenvalue weighted by atomic mass is 28.4. The highest BCUT2D eigenvalue weighted by Gasteiger charge is 2.36. The van der Waals surface area contributed by atoms with Gasteiger partial charge in [0, 0.05) is 6.54 Å². The van der Waals surface area contributed by atoms with Gasteiger partial charge in [-0.3, -0.25) is 0 Å². The van der Waals surface area contributed by atoms with Crippen molar-refractivity contribution in [2.24, 2.45) is 5.73 Å². The molecule has 0 rings (SSSR count). The van der Waals surface area contributed by atoms with Crippen LogP contribution in [-0.4, -0.2) is 140 Å². The molecule has 0 aromatic rings. The minimum Gasteiger partial charge on any atom is -0.414 e. The Morgan fingerprint density at radius 2 is 0.605 bits per heavy atom. The van der Waals surface area contributed by atoms with E-state index in [4.69, 9.17) is 52.8 Å². The van der Waals surface area contributed by atoms with Gasteiger partial charge in [0.2, 0.25) is 0 Å². The van der Waals surface area contributed by atoms with E-state index in [1.165, 1.54) is 0 Å². The smallest absolute Gasteiger partial charge is 0.192 e. The quantitative estimate of drug-likeness (QED) is 0.101.